The molecule has 18 heavy (non-hydrogen) atoms. The Morgan fingerprint density at radius 1 is 1.22 bits per heavy atom. The smallest absolute Gasteiger partial charge is 0.227 e. The summed E-state index contributed by atoms with van der Waals surface area (Å²) < 4.78 is 5.67. The summed E-state index contributed by atoms with van der Waals surface area (Å²) in [5, 5.41) is 9.60. The number of fused-ring (bicyclic) bond motifs is 1. The second kappa shape index (κ2) is 3.77. The number of aromatic hydroxyl groups is 1. The Labute approximate surface area is 104 Å². The minimum absolute atomic E-state index is 0.0338. The molecule has 0 amide bonds. The van der Waals surface area contributed by atoms with Crippen LogP contribution < -0.4 is 5.73 Å². The topological polar surface area (TPSA) is 72.3 Å². The Balaban J connectivity index is 2.19. The van der Waals surface area contributed by atoms with E-state index in [1.54, 1.807) is 18.2 Å². The summed E-state index contributed by atoms with van der Waals surface area (Å²) in [5.41, 5.74) is 9.24. The van der Waals surface area contributed by atoms with Crippen LogP contribution in [0.1, 0.15) is 5.56 Å². The molecule has 0 saturated carbocycles. The molecular weight excluding hydrogens is 228 g/mol. The second-order valence-electron chi connectivity index (χ2n) is 4.21. The summed E-state index contributed by atoms with van der Waals surface area (Å²) in [4.78, 5) is 4.43. The molecular formula is C14H12N2O2. The number of anilines is 1. The molecule has 3 N–H and O–H groups in total. The van der Waals surface area contributed by atoms with E-state index < -0.39 is 0 Å². The molecule has 2 aromatic carbocycles. The standard InChI is InChI=1S/C14H12N2O2/c1-8-3-2-4-12-13(8)16-14(18-12)9-5-6-10(15)11(17)7-9/h2-7,17H,15H2,1H3. The SMILES string of the molecule is Cc1cccc2oc(-c3ccc(N)c(O)c3)nc12. The van der Waals surface area contributed by atoms with Gasteiger partial charge in [0, 0.05) is 5.56 Å². The first kappa shape index (κ1) is 10.7. The molecule has 0 fully saturated rings. The number of rotatable bonds is 1. The molecule has 0 bridgehead atoms. The number of oxazole rings is 1. The zero-order valence-electron chi connectivity index (χ0n) is 9.84. The van der Waals surface area contributed by atoms with Crippen LogP contribution in [0.25, 0.3) is 22.6 Å². The average Bonchev–Trinajstić information content (AvgIpc) is 2.78. The molecule has 90 valence electrons. The van der Waals surface area contributed by atoms with Crippen molar-refractivity contribution in [1.82, 2.24) is 4.98 Å². The Morgan fingerprint density at radius 2 is 2.06 bits per heavy atom. The maximum atomic E-state index is 9.60. The van der Waals surface area contributed by atoms with Crippen LogP contribution in [0, 0.1) is 6.92 Å². The van der Waals surface area contributed by atoms with Gasteiger partial charge in [-0.1, -0.05) is 12.1 Å². The maximum Gasteiger partial charge on any atom is 0.227 e. The fraction of sp³-hybridized carbons (Fsp3) is 0.0714. The molecule has 3 aromatic rings. The van der Waals surface area contributed by atoms with Crippen molar-refractivity contribution in [2.45, 2.75) is 6.92 Å². The monoisotopic (exact) mass is 240 g/mol. The van der Waals surface area contributed by atoms with Gasteiger partial charge >= 0.3 is 0 Å². The van der Waals surface area contributed by atoms with Crippen LogP contribution in [0.3, 0.4) is 0 Å². The quantitative estimate of drug-likeness (QED) is 0.506. The highest BCUT2D eigenvalue weighted by Gasteiger charge is 2.10. The normalized spacial score (nSPS) is 10.9. The lowest BCUT2D eigenvalue weighted by atomic mass is 10.2. The molecule has 0 spiro atoms. The van der Waals surface area contributed by atoms with Crippen molar-refractivity contribution in [2.24, 2.45) is 0 Å². The summed E-state index contributed by atoms with van der Waals surface area (Å²) in [6, 6.07) is 10.7. The third-order valence-corrected chi connectivity index (χ3v) is 2.90. The number of nitrogens with zero attached hydrogens (tertiary/aromatic N) is 1. The van der Waals surface area contributed by atoms with E-state index in [9.17, 15) is 5.11 Å². The summed E-state index contributed by atoms with van der Waals surface area (Å²) in [6.45, 7) is 1.98. The zero-order chi connectivity index (χ0) is 12.7. The van der Waals surface area contributed by atoms with Crippen LogP contribution in [-0.2, 0) is 0 Å². The number of hydrogen-bond acceptors (Lipinski definition) is 4. The van der Waals surface area contributed by atoms with Gasteiger partial charge in [-0.3, -0.25) is 0 Å². The number of nitrogens with two attached hydrogens (primary N) is 1. The highest BCUT2D eigenvalue weighted by Crippen LogP contribution is 2.30. The van der Waals surface area contributed by atoms with Gasteiger partial charge in [-0.25, -0.2) is 4.98 Å². The Hall–Kier alpha value is -2.49. The van der Waals surface area contributed by atoms with Crippen molar-refractivity contribution in [1.29, 1.82) is 0 Å². The number of phenols is 1. The fourth-order valence-electron chi connectivity index (χ4n) is 1.89. The highest BCUT2D eigenvalue weighted by molar-refractivity contribution is 5.79. The van der Waals surface area contributed by atoms with Crippen LogP contribution in [0.4, 0.5) is 5.69 Å². The summed E-state index contributed by atoms with van der Waals surface area (Å²) in [7, 11) is 0. The van der Waals surface area contributed by atoms with E-state index in [0.29, 0.717) is 17.1 Å². The van der Waals surface area contributed by atoms with Gasteiger partial charge in [0.15, 0.2) is 5.58 Å². The molecule has 4 heteroatoms. The minimum atomic E-state index is 0.0338. The third-order valence-electron chi connectivity index (χ3n) is 2.90. The minimum Gasteiger partial charge on any atom is -0.506 e. The van der Waals surface area contributed by atoms with Crippen LogP contribution in [0.15, 0.2) is 40.8 Å². The molecule has 0 aliphatic rings. The van der Waals surface area contributed by atoms with Gasteiger partial charge in [0.2, 0.25) is 5.89 Å². The van der Waals surface area contributed by atoms with Crippen LogP contribution >= 0.6 is 0 Å². The predicted molar refractivity (Wildman–Crippen MR) is 70.3 cm³/mol. The van der Waals surface area contributed by atoms with Crippen molar-refractivity contribution in [3.05, 3.63) is 42.0 Å². The van der Waals surface area contributed by atoms with E-state index in [1.165, 1.54) is 0 Å². The average molecular weight is 240 g/mol. The molecule has 1 heterocycles. The van der Waals surface area contributed by atoms with E-state index >= 15 is 0 Å². The van der Waals surface area contributed by atoms with Crippen molar-refractivity contribution in [3.8, 4) is 17.2 Å². The molecule has 0 saturated heterocycles. The molecule has 0 aliphatic heterocycles. The van der Waals surface area contributed by atoms with Crippen LogP contribution in [-0.4, -0.2) is 10.1 Å². The molecule has 0 aliphatic carbocycles. The van der Waals surface area contributed by atoms with Gasteiger partial charge in [0.05, 0.1) is 5.69 Å². The first-order chi connectivity index (χ1) is 8.65. The molecule has 0 unspecified atom stereocenters. The maximum absolute atomic E-state index is 9.60. The number of phenolic OH excluding ortho intramolecular Hbond substituents is 1. The van der Waals surface area contributed by atoms with E-state index in [1.807, 2.05) is 25.1 Å². The van der Waals surface area contributed by atoms with Crippen molar-refractivity contribution in [2.75, 3.05) is 5.73 Å². The van der Waals surface area contributed by atoms with Crippen molar-refractivity contribution >= 4 is 16.8 Å². The Morgan fingerprint density at radius 3 is 2.78 bits per heavy atom. The predicted octanol–water partition coefficient (Wildman–Crippen LogP) is 3.09. The van der Waals surface area contributed by atoms with Crippen LogP contribution in [0.2, 0.25) is 0 Å². The molecule has 0 atom stereocenters. The first-order valence-corrected chi connectivity index (χ1v) is 5.60. The number of aryl methyl sites for hydroxylation is 1. The largest absolute Gasteiger partial charge is 0.506 e. The van der Waals surface area contributed by atoms with Gasteiger partial charge in [-0.2, -0.15) is 0 Å². The summed E-state index contributed by atoms with van der Waals surface area (Å²) >= 11 is 0. The van der Waals surface area contributed by atoms with Crippen molar-refractivity contribution < 1.29 is 9.52 Å². The second-order valence-corrected chi connectivity index (χ2v) is 4.21. The fourth-order valence-corrected chi connectivity index (χ4v) is 1.89. The number of benzene rings is 2. The van der Waals surface area contributed by atoms with Crippen LogP contribution in [0.5, 0.6) is 5.75 Å². The first-order valence-electron chi connectivity index (χ1n) is 5.60. The number of aromatic nitrogens is 1. The van der Waals surface area contributed by atoms with Gasteiger partial charge in [0.25, 0.3) is 0 Å². The lowest BCUT2D eigenvalue weighted by Crippen LogP contribution is -1.86. The number of hydrogen-bond donors (Lipinski definition) is 2. The number of para-hydroxylation sites is 1. The van der Waals surface area contributed by atoms with E-state index in [-0.39, 0.29) is 5.75 Å². The lowest BCUT2D eigenvalue weighted by Gasteiger charge is -1.99. The Bertz CT molecular complexity index is 732. The van der Waals surface area contributed by atoms with Gasteiger partial charge in [-0.15, -0.1) is 0 Å². The molecule has 4 nitrogen and oxygen atoms in total. The van der Waals surface area contributed by atoms with E-state index in [2.05, 4.69) is 4.98 Å². The Kier molecular flexibility index (Phi) is 2.23. The van der Waals surface area contributed by atoms with Crippen molar-refractivity contribution in [3.63, 3.8) is 0 Å². The van der Waals surface area contributed by atoms with Gasteiger partial charge in [0.1, 0.15) is 11.3 Å². The molecule has 1 aromatic heterocycles. The van der Waals surface area contributed by atoms with Gasteiger partial charge in [-0.05, 0) is 36.8 Å². The lowest BCUT2D eigenvalue weighted by molar-refractivity contribution is 0.478. The zero-order valence-corrected chi connectivity index (χ0v) is 9.84. The highest BCUT2D eigenvalue weighted by atomic mass is 16.3. The summed E-state index contributed by atoms with van der Waals surface area (Å²) in [6.07, 6.45) is 0. The third kappa shape index (κ3) is 1.59. The number of nitrogen functional groups attached to an aromatic ring is 1. The van der Waals surface area contributed by atoms with E-state index in [0.717, 1.165) is 16.7 Å². The van der Waals surface area contributed by atoms with E-state index in [4.69, 9.17) is 10.2 Å². The molecule has 0 radical (unpaired) electrons. The molecule has 3 rings (SSSR count). The van der Waals surface area contributed by atoms with Gasteiger partial charge < -0.3 is 15.3 Å². The summed E-state index contributed by atoms with van der Waals surface area (Å²) in [5.74, 6) is 0.515.